The van der Waals surface area contributed by atoms with Crippen LogP contribution in [0.2, 0.25) is 0 Å². The summed E-state index contributed by atoms with van der Waals surface area (Å²) in [6.07, 6.45) is -7.11. The minimum Gasteiger partial charge on any atom is -0.354 e. The normalized spacial score (nSPS) is 19.8. The monoisotopic (exact) mass is 499 g/mol. The summed E-state index contributed by atoms with van der Waals surface area (Å²) in [7, 11) is 0. The molecule has 1 saturated carbocycles. The molecule has 4 rings (SSSR count). The highest BCUT2D eigenvalue weighted by molar-refractivity contribution is 5.59. The third-order valence-electron chi connectivity index (χ3n) is 5.13. The molecule has 2 atom stereocenters. The molecule has 0 radical (unpaired) electrons. The molecule has 0 saturated heterocycles. The Labute approximate surface area is 193 Å². The van der Waals surface area contributed by atoms with Gasteiger partial charge in [0.15, 0.2) is 5.82 Å². The number of nitrogens with zero attached hydrogens (tertiary/aromatic N) is 5. The number of allylic oxidation sites excluding steroid dienone is 1. The van der Waals surface area contributed by atoms with E-state index in [1.807, 2.05) is 0 Å². The maximum absolute atomic E-state index is 14.2. The Kier molecular flexibility index (Phi) is 6.07. The number of hydrogen-bond acceptors (Lipinski definition) is 7. The van der Waals surface area contributed by atoms with Gasteiger partial charge in [0.1, 0.15) is 22.8 Å². The van der Waals surface area contributed by atoms with Crippen LogP contribution in [-0.4, -0.2) is 37.1 Å². The van der Waals surface area contributed by atoms with E-state index in [4.69, 9.17) is 0 Å². The minimum absolute atomic E-state index is 0.0783. The molecule has 1 aliphatic carbocycles. The van der Waals surface area contributed by atoms with Crippen LogP contribution in [0.4, 0.5) is 48.3 Å². The summed E-state index contributed by atoms with van der Waals surface area (Å²) in [6, 6.07) is 5.05. The Bertz CT molecular complexity index is 1250. The summed E-state index contributed by atoms with van der Waals surface area (Å²) in [6.45, 7) is 3.51. The van der Waals surface area contributed by atoms with Gasteiger partial charge in [-0.3, -0.25) is 4.98 Å². The SMILES string of the molecule is C=CC1(F)CC1CNc1nc(Nc2ccnc(C(F)(F)F)c2)nc(-c2cccc(C(F)(F)F)n2)n1. The highest BCUT2D eigenvalue weighted by Crippen LogP contribution is 2.48. The molecule has 1 aliphatic rings. The van der Waals surface area contributed by atoms with Crippen molar-refractivity contribution in [1.82, 2.24) is 24.9 Å². The van der Waals surface area contributed by atoms with Gasteiger partial charge in [0.2, 0.25) is 11.9 Å². The van der Waals surface area contributed by atoms with Crippen LogP contribution in [-0.2, 0) is 12.4 Å². The largest absolute Gasteiger partial charge is 0.433 e. The number of halogens is 7. The van der Waals surface area contributed by atoms with Crippen molar-refractivity contribution >= 4 is 17.6 Å². The smallest absolute Gasteiger partial charge is 0.354 e. The Hall–Kier alpha value is -3.84. The van der Waals surface area contributed by atoms with Crippen molar-refractivity contribution in [1.29, 1.82) is 0 Å². The van der Waals surface area contributed by atoms with E-state index in [0.29, 0.717) is 6.07 Å². The van der Waals surface area contributed by atoms with Crippen molar-refractivity contribution in [2.45, 2.75) is 24.4 Å². The molecular weight excluding hydrogens is 483 g/mol. The van der Waals surface area contributed by atoms with Gasteiger partial charge in [0.25, 0.3) is 0 Å². The Morgan fingerprint density at radius 3 is 2.34 bits per heavy atom. The second kappa shape index (κ2) is 8.74. The molecule has 0 spiro atoms. The molecule has 0 amide bonds. The van der Waals surface area contributed by atoms with Crippen molar-refractivity contribution in [2.75, 3.05) is 17.2 Å². The van der Waals surface area contributed by atoms with E-state index in [1.165, 1.54) is 18.2 Å². The summed E-state index contributed by atoms with van der Waals surface area (Å²) < 4.78 is 92.4. The van der Waals surface area contributed by atoms with E-state index in [2.05, 4.69) is 42.1 Å². The summed E-state index contributed by atoms with van der Waals surface area (Å²) >= 11 is 0. The molecule has 3 heterocycles. The first-order valence-corrected chi connectivity index (χ1v) is 10.0. The number of nitrogens with one attached hydrogen (secondary N) is 2. The average molecular weight is 499 g/mol. The molecule has 2 unspecified atom stereocenters. The standard InChI is InChI=1S/C21H16F7N7/c1-2-19(22)9-11(19)10-30-17-33-16(13-4-3-5-14(32-13)20(23,24)25)34-18(35-17)31-12-6-7-29-15(8-12)21(26,27)28/h2-8,11H,1,9-10H2,(H2,29,30,31,33,34,35). The molecule has 0 aliphatic heterocycles. The zero-order chi connectivity index (χ0) is 25.4. The number of hydrogen-bond donors (Lipinski definition) is 2. The van der Waals surface area contributed by atoms with Gasteiger partial charge in [0, 0.05) is 24.3 Å². The van der Waals surface area contributed by atoms with Crippen molar-refractivity contribution in [2.24, 2.45) is 5.92 Å². The fraction of sp³-hybridized carbons (Fsp3) is 0.286. The second-order valence-corrected chi connectivity index (χ2v) is 7.68. The lowest BCUT2D eigenvalue weighted by Gasteiger charge is -2.12. The summed E-state index contributed by atoms with van der Waals surface area (Å²) in [5.41, 5.74) is -4.24. The molecule has 0 bridgehead atoms. The van der Waals surface area contributed by atoms with Gasteiger partial charge in [-0.15, -0.1) is 0 Å². The van der Waals surface area contributed by atoms with Crippen LogP contribution in [0.15, 0.2) is 49.2 Å². The van der Waals surface area contributed by atoms with Gasteiger partial charge in [-0.05, 0) is 30.7 Å². The predicted molar refractivity (Wildman–Crippen MR) is 111 cm³/mol. The van der Waals surface area contributed by atoms with Gasteiger partial charge in [-0.2, -0.15) is 41.3 Å². The molecule has 3 aromatic heterocycles. The zero-order valence-electron chi connectivity index (χ0n) is 17.6. The van der Waals surface area contributed by atoms with Crippen LogP contribution in [0.5, 0.6) is 0 Å². The number of alkyl halides is 7. The topological polar surface area (TPSA) is 88.5 Å². The maximum Gasteiger partial charge on any atom is 0.433 e. The molecule has 2 N–H and O–H groups in total. The number of aromatic nitrogens is 5. The van der Waals surface area contributed by atoms with E-state index < -0.39 is 35.3 Å². The van der Waals surface area contributed by atoms with Gasteiger partial charge < -0.3 is 10.6 Å². The van der Waals surface area contributed by atoms with Gasteiger partial charge in [-0.1, -0.05) is 18.7 Å². The van der Waals surface area contributed by atoms with Crippen LogP contribution in [0.1, 0.15) is 17.8 Å². The maximum atomic E-state index is 14.2. The van der Waals surface area contributed by atoms with Crippen molar-refractivity contribution in [3.8, 4) is 11.5 Å². The van der Waals surface area contributed by atoms with Crippen molar-refractivity contribution in [3.63, 3.8) is 0 Å². The average Bonchev–Trinajstić information content (AvgIpc) is 3.47. The second-order valence-electron chi connectivity index (χ2n) is 7.68. The molecular formula is C21H16F7N7. The Morgan fingerprint density at radius 2 is 1.69 bits per heavy atom. The number of rotatable bonds is 7. The number of anilines is 3. The van der Waals surface area contributed by atoms with E-state index in [-0.39, 0.29) is 42.1 Å². The molecule has 0 aromatic carbocycles. The molecule has 1 fully saturated rings. The molecule has 35 heavy (non-hydrogen) atoms. The van der Waals surface area contributed by atoms with Gasteiger partial charge >= 0.3 is 12.4 Å². The van der Waals surface area contributed by atoms with E-state index in [1.54, 1.807) is 0 Å². The lowest BCUT2D eigenvalue weighted by molar-refractivity contribution is -0.141. The zero-order valence-corrected chi connectivity index (χ0v) is 17.6. The van der Waals surface area contributed by atoms with Crippen LogP contribution >= 0.6 is 0 Å². The lowest BCUT2D eigenvalue weighted by atomic mass is 10.3. The van der Waals surface area contributed by atoms with E-state index in [0.717, 1.165) is 18.3 Å². The van der Waals surface area contributed by atoms with Crippen molar-refractivity contribution in [3.05, 3.63) is 60.6 Å². The third kappa shape index (κ3) is 5.63. The van der Waals surface area contributed by atoms with Crippen molar-refractivity contribution < 1.29 is 30.7 Å². The fourth-order valence-corrected chi connectivity index (χ4v) is 3.16. The molecule has 7 nitrogen and oxygen atoms in total. The van der Waals surface area contributed by atoms with Crippen LogP contribution in [0.3, 0.4) is 0 Å². The summed E-state index contributed by atoms with van der Waals surface area (Å²) in [5, 5.41) is 5.34. The lowest BCUT2D eigenvalue weighted by Crippen LogP contribution is -2.14. The molecule has 184 valence electrons. The first-order chi connectivity index (χ1) is 16.4. The fourth-order valence-electron chi connectivity index (χ4n) is 3.16. The van der Waals surface area contributed by atoms with E-state index in [9.17, 15) is 30.7 Å². The summed E-state index contributed by atoms with van der Waals surface area (Å²) in [4.78, 5) is 18.9. The quantitative estimate of drug-likeness (QED) is 0.331. The van der Waals surface area contributed by atoms with Crippen LogP contribution in [0, 0.1) is 5.92 Å². The first kappa shape index (κ1) is 24.3. The van der Waals surface area contributed by atoms with Crippen LogP contribution in [0.25, 0.3) is 11.5 Å². The minimum atomic E-state index is -4.72. The van der Waals surface area contributed by atoms with E-state index >= 15 is 0 Å². The highest BCUT2D eigenvalue weighted by atomic mass is 19.4. The summed E-state index contributed by atoms with van der Waals surface area (Å²) in [5.74, 6) is -1.12. The predicted octanol–water partition coefficient (Wildman–Crippen LogP) is 5.44. The molecule has 3 aromatic rings. The molecule has 14 heteroatoms. The first-order valence-electron chi connectivity index (χ1n) is 10.0. The Balaban J connectivity index is 1.67. The number of pyridine rings is 2. The Morgan fingerprint density at radius 1 is 0.971 bits per heavy atom. The third-order valence-corrected chi connectivity index (χ3v) is 5.13. The van der Waals surface area contributed by atoms with Crippen LogP contribution < -0.4 is 10.6 Å². The van der Waals surface area contributed by atoms with Gasteiger partial charge in [-0.25, -0.2) is 9.37 Å². The highest BCUT2D eigenvalue weighted by Gasteiger charge is 2.52. The van der Waals surface area contributed by atoms with Gasteiger partial charge in [0.05, 0.1) is 0 Å².